The van der Waals surface area contributed by atoms with Crippen molar-refractivity contribution in [3.8, 4) is 0 Å². The molecule has 2 aliphatic rings. The number of hydrogen-bond acceptors (Lipinski definition) is 3. The summed E-state index contributed by atoms with van der Waals surface area (Å²) in [7, 11) is -0.547. The molecule has 0 spiro atoms. The zero-order chi connectivity index (χ0) is 14.4. The van der Waals surface area contributed by atoms with Gasteiger partial charge in [0.05, 0.1) is 0 Å². The van der Waals surface area contributed by atoms with Crippen LogP contribution < -0.4 is 5.32 Å². The van der Waals surface area contributed by atoms with Gasteiger partial charge in [-0.2, -0.15) is 0 Å². The molecular weight excluding hydrogens is 268 g/mol. The summed E-state index contributed by atoms with van der Waals surface area (Å²) in [6.07, 6.45) is 6.70. The van der Waals surface area contributed by atoms with E-state index in [1.54, 1.807) is 0 Å². The quantitative estimate of drug-likeness (QED) is 0.816. The highest BCUT2D eigenvalue weighted by Gasteiger charge is 2.31. The first kappa shape index (κ1) is 16.4. The van der Waals surface area contributed by atoms with Crippen LogP contribution in [0.25, 0.3) is 0 Å². The van der Waals surface area contributed by atoms with E-state index in [1.165, 1.54) is 38.6 Å². The summed E-state index contributed by atoms with van der Waals surface area (Å²) in [5.41, 5.74) is 0. The zero-order valence-electron chi connectivity index (χ0n) is 13.3. The fourth-order valence-electron chi connectivity index (χ4n) is 3.72. The predicted octanol–water partition coefficient (Wildman–Crippen LogP) is 2.25. The van der Waals surface area contributed by atoms with Crippen molar-refractivity contribution in [2.24, 2.45) is 11.8 Å². The first-order valence-corrected chi connectivity index (χ1v) is 10.0. The van der Waals surface area contributed by atoms with E-state index in [9.17, 15) is 4.21 Å². The molecule has 2 rings (SSSR count). The Morgan fingerprint density at radius 3 is 2.60 bits per heavy atom. The van der Waals surface area contributed by atoms with Gasteiger partial charge < -0.3 is 10.2 Å². The van der Waals surface area contributed by atoms with E-state index < -0.39 is 10.8 Å². The van der Waals surface area contributed by atoms with Crippen LogP contribution in [-0.4, -0.2) is 52.8 Å². The molecule has 2 fully saturated rings. The molecule has 1 aliphatic heterocycles. The Kier molecular flexibility index (Phi) is 6.99. The molecule has 0 bridgehead atoms. The van der Waals surface area contributed by atoms with Crippen LogP contribution in [0.2, 0.25) is 0 Å². The summed E-state index contributed by atoms with van der Waals surface area (Å²) in [6, 6.07) is 0.713. The van der Waals surface area contributed by atoms with Crippen molar-refractivity contribution >= 4 is 10.8 Å². The third-order valence-electron chi connectivity index (χ3n) is 5.09. The van der Waals surface area contributed by atoms with Gasteiger partial charge in [-0.3, -0.25) is 4.21 Å². The van der Waals surface area contributed by atoms with Crippen molar-refractivity contribution in [2.45, 2.75) is 52.0 Å². The van der Waals surface area contributed by atoms with Crippen LogP contribution in [0, 0.1) is 11.8 Å². The SMILES string of the molecule is CCCNC1CCC(CC)CC1CN1CCS(=O)CC1. The Morgan fingerprint density at radius 2 is 1.95 bits per heavy atom. The van der Waals surface area contributed by atoms with E-state index in [1.807, 2.05) is 0 Å². The smallest absolute Gasteiger partial charge is 0.0363 e. The van der Waals surface area contributed by atoms with Gasteiger partial charge in [-0.15, -0.1) is 0 Å². The van der Waals surface area contributed by atoms with Crippen LogP contribution in [0.5, 0.6) is 0 Å². The van der Waals surface area contributed by atoms with Crippen LogP contribution in [0.4, 0.5) is 0 Å². The van der Waals surface area contributed by atoms with E-state index in [4.69, 9.17) is 0 Å². The maximum absolute atomic E-state index is 11.5. The second kappa shape index (κ2) is 8.50. The monoisotopic (exact) mass is 300 g/mol. The van der Waals surface area contributed by atoms with Gasteiger partial charge in [0.1, 0.15) is 0 Å². The lowest BCUT2D eigenvalue weighted by Gasteiger charge is -2.40. The molecule has 3 unspecified atom stereocenters. The Morgan fingerprint density at radius 1 is 1.20 bits per heavy atom. The van der Waals surface area contributed by atoms with Gasteiger partial charge in [-0.1, -0.05) is 20.3 Å². The molecule has 1 saturated heterocycles. The second-order valence-electron chi connectivity index (χ2n) is 6.56. The van der Waals surface area contributed by atoms with Crippen molar-refractivity contribution in [3.05, 3.63) is 0 Å². The molecule has 20 heavy (non-hydrogen) atoms. The molecule has 3 nitrogen and oxygen atoms in total. The minimum Gasteiger partial charge on any atom is -0.314 e. The van der Waals surface area contributed by atoms with E-state index in [2.05, 4.69) is 24.1 Å². The third-order valence-corrected chi connectivity index (χ3v) is 6.36. The summed E-state index contributed by atoms with van der Waals surface area (Å²) in [5.74, 6) is 3.50. The second-order valence-corrected chi connectivity index (χ2v) is 8.25. The maximum Gasteiger partial charge on any atom is 0.0363 e. The molecule has 118 valence electrons. The van der Waals surface area contributed by atoms with Gasteiger partial charge in [0.15, 0.2) is 0 Å². The van der Waals surface area contributed by atoms with Gasteiger partial charge in [-0.25, -0.2) is 0 Å². The van der Waals surface area contributed by atoms with Gasteiger partial charge in [0.2, 0.25) is 0 Å². The van der Waals surface area contributed by atoms with Crippen molar-refractivity contribution in [1.29, 1.82) is 0 Å². The number of nitrogens with one attached hydrogen (secondary N) is 1. The summed E-state index contributed by atoms with van der Waals surface area (Å²) in [4.78, 5) is 2.56. The third kappa shape index (κ3) is 4.81. The molecule has 1 saturated carbocycles. The predicted molar refractivity (Wildman–Crippen MR) is 87.5 cm³/mol. The summed E-state index contributed by atoms with van der Waals surface area (Å²) in [6.45, 7) is 9.04. The Hall–Kier alpha value is 0.0700. The Balaban J connectivity index is 1.86. The highest BCUT2D eigenvalue weighted by atomic mass is 32.2. The number of hydrogen-bond donors (Lipinski definition) is 1. The average Bonchev–Trinajstić information content (AvgIpc) is 2.48. The standard InChI is InChI=1S/C16H32N2OS/c1-3-7-17-16-6-5-14(4-2)12-15(16)13-18-8-10-20(19)11-9-18/h14-17H,3-13H2,1-2H3. The van der Waals surface area contributed by atoms with Crippen LogP contribution in [0.1, 0.15) is 46.0 Å². The van der Waals surface area contributed by atoms with Crippen molar-refractivity contribution in [3.63, 3.8) is 0 Å². The number of nitrogens with zero attached hydrogens (tertiary/aromatic N) is 1. The van der Waals surface area contributed by atoms with E-state index in [0.29, 0.717) is 6.04 Å². The largest absolute Gasteiger partial charge is 0.314 e. The molecule has 0 aromatic carbocycles. The molecule has 0 aromatic heterocycles. The highest BCUT2D eigenvalue weighted by Crippen LogP contribution is 2.32. The molecule has 4 heteroatoms. The van der Waals surface area contributed by atoms with Crippen LogP contribution in [0.15, 0.2) is 0 Å². The van der Waals surface area contributed by atoms with Crippen LogP contribution >= 0.6 is 0 Å². The lowest BCUT2D eigenvalue weighted by Crippen LogP contribution is -2.48. The molecule has 1 aliphatic carbocycles. The first-order valence-electron chi connectivity index (χ1n) is 8.53. The fourth-order valence-corrected chi connectivity index (χ4v) is 4.85. The van der Waals surface area contributed by atoms with E-state index in [0.717, 1.165) is 43.0 Å². The minimum absolute atomic E-state index is 0.547. The van der Waals surface area contributed by atoms with Crippen LogP contribution in [0.3, 0.4) is 0 Å². The summed E-state index contributed by atoms with van der Waals surface area (Å²) >= 11 is 0. The van der Waals surface area contributed by atoms with Crippen molar-refractivity contribution < 1.29 is 4.21 Å². The van der Waals surface area contributed by atoms with Gasteiger partial charge in [0.25, 0.3) is 0 Å². The Bertz CT molecular complexity index is 301. The molecule has 1 heterocycles. The highest BCUT2D eigenvalue weighted by molar-refractivity contribution is 7.85. The lowest BCUT2D eigenvalue weighted by atomic mass is 9.76. The molecule has 0 radical (unpaired) electrons. The van der Waals surface area contributed by atoms with E-state index >= 15 is 0 Å². The van der Waals surface area contributed by atoms with Gasteiger partial charge in [-0.05, 0) is 44.1 Å². The molecule has 1 N–H and O–H groups in total. The maximum atomic E-state index is 11.5. The topological polar surface area (TPSA) is 32.3 Å². The normalized spacial score (nSPS) is 33.4. The molecule has 0 amide bonds. The fraction of sp³-hybridized carbons (Fsp3) is 1.00. The summed E-state index contributed by atoms with van der Waals surface area (Å²) < 4.78 is 11.5. The lowest BCUT2D eigenvalue weighted by molar-refractivity contribution is 0.143. The minimum atomic E-state index is -0.547. The number of rotatable bonds is 6. The summed E-state index contributed by atoms with van der Waals surface area (Å²) in [5, 5.41) is 3.78. The molecule has 0 aromatic rings. The zero-order valence-corrected chi connectivity index (χ0v) is 14.1. The average molecular weight is 301 g/mol. The Labute approximate surface area is 127 Å². The van der Waals surface area contributed by atoms with Crippen molar-refractivity contribution in [1.82, 2.24) is 10.2 Å². The van der Waals surface area contributed by atoms with E-state index in [-0.39, 0.29) is 0 Å². The van der Waals surface area contributed by atoms with Crippen LogP contribution in [-0.2, 0) is 10.8 Å². The molecule has 3 atom stereocenters. The molecular formula is C16H32N2OS. The van der Waals surface area contributed by atoms with Gasteiger partial charge >= 0.3 is 0 Å². The van der Waals surface area contributed by atoms with Gasteiger partial charge in [0, 0.05) is 48.0 Å². The van der Waals surface area contributed by atoms with Crippen molar-refractivity contribution in [2.75, 3.05) is 37.7 Å². The first-order chi connectivity index (χ1) is 9.72.